The Morgan fingerprint density at radius 2 is 1.94 bits per heavy atom. The van der Waals surface area contributed by atoms with Gasteiger partial charge in [0, 0.05) is 19.0 Å². The molecule has 2 aromatic rings. The highest BCUT2D eigenvalue weighted by Crippen LogP contribution is 2.47. The monoisotopic (exact) mass is 453 g/mol. The first-order chi connectivity index (χ1) is 15.4. The van der Waals surface area contributed by atoms with Crippen LogP contribution in [0.1, 0.15) is 74.3 Å². The molecule has 1 amide bonds. The third-order valence-corrected chi connectivity index (χ3v) is 9.12. The Kier molecular flexibility index (Phi) is 5.57. The number of nitrogens with zero attached hydrogens (tertiary/aromatic N) is 2. The van der Waals surface area contributed by atoms with Gasteiger partial charge in [0.05, 0.1) is 16.1 Å². The topological polar surface area (TPSA) is 106 Å². The highest BCUT2D eigenvalue weighted by molar-refractivity contribution is 7.92. The first-order valence-electron chi connectivity index (χ1n) is 11.4. The van der Waals surface area contributed by atoms with Gasteiger partial charge in [-0.3, -0.25) is 9.59 Å². The average Bonchev–Trinajstić information content (AvgIpc) is 3.69. The van der Waals surface area contributed by atoms with Crippen LogP contribution >= 0.6 is 0 Å². The number of Topliss-reactive ketones (excluding diaryl/α,β-unsaturated/α-hetero) is 1. The molecule has 3 saturated carbocycles. The number of hydrogen-bond acceptors (Lipinski definition) is 6. The maximum Gasteiger partial charge on any atom is 0.233 e. The van der Waals surface area contributed by atoms with Crippen molar-refractivity contribution in [1.82, 2.24) is 9.97 Å². The van der Waals surface area contributed by atoms with Crippen LogP contribution in [0.25, 0.3) is 0 Å². The van der Waals surface area contributed by atoms with Gasteiger partial charge in [0.15, 0.2) is 9.84 Å². The zero-order valence-electron chi connectivity index (χ0n) is 17.9. The van der Waals surface area contributed by atoms with Crippen molar-refractivity contribution in [3.05, 3.63) is 47.9 Å². The second kappa shape index (κ2) is 8.39. The van der Waals surface area contributed by atoms with Gasteiger partial charge in [-0.25, -0.2) is 18.4 Å². The zero-order chi connectivity index (χ0) is 22.3. The summed E-state index contributed by atoms with van der Waals surface area (Å²) in [5.74, 6) is 0.404. The second-order valence-electron chi connectivity index (χ2n) is 9.34. The molecule has 5 rings (SSSR count). The summed E-state index contributed by atoms with van der Waals surface area (Å²) in [4.78, 5) is 33.5. The Bertz CT molecular complexity index is 1140. The van der Waals surface area contributed by atoms with E-state index in [1.54, 1.807) is 24.4 Å². The van der Waals surface area contributed by atoms with Crippen molar-refractivity contribution in [1.29, 1.82) is 0 Å². The number of sulfone groups is 1. The summed E-state index contributed by atoms with van der Waals surface area (Å²) < 4.78 is 26.0. The van der Waals surface area contributed by atoms with Crippen LogP contribution < -0.4 is 5.32 Å². The number of rotatable bonds is 8. The number of ketones is 1. The maximum absolute atomic E-state index is 13.3. The lowest BCUT2D eigenvalue weighted by atomic mass is 9.86. The van der Waals surface area contributed by atoms with Gasteiger partial charge >= 0.3 is 0 Å². The van der Waals surface area contributed by atoms with E-state index in [4.69, 9.17) is 0 Å². The summed E-state index contributed by atoms with van der Waals surface area (Å²) in [6.07, 6.45) is 8.77. The van der Waals surface area contributed by atoms with Crippen molar-refractivity contribution in [3.63, 3.8) is 0 Å². The number of nitrogens with one attached hydrogen (secondary N) is 1. The van der Waals surface area contributed by atoms with Crippen molar-refractivity contribution >= 4 is 27.3 Å². The fraction of sp³-hybridized carbons (Fsp3) is 0.500. The number of anilines is 1. The van der Waals surface area contributed by atoms with Crippen LogP contribution in [0.5, 0.6) is 0 Å². The van der Waals surface area contributed by atoms with E-state index in [2.05, 4.69) is 15.3 Å². The summed E-state index contributed by atoms with van der Waals surface area (Å²) in [6.45, 7) is 0. The predicted molar refractivity (Wildman–Crippen MR) is 119 cm³/mol. The zero-order valence-corrected chi connectivity index (χ0v) is 18.7. The van der Waals surface area contributed by atoms with Gasteiger partial charge in [0.25, 0.3) is 0 Å². The Balaban J connectivity index is 1.48. The SMILES string of the molecule is O=C1CC[C@H](C[C@@H](C(=O)Nc2ccncn2)c2ccc(S(=O)(=O)C3CC3)c(C3CC3)c2)C1. The van der Waals surface area contributed by atoms with Crippen molar-refractivity contribution < 1.29 is 18.0 Å². The molecule has 8 heteroatoms. The maximum atomic E-state index is 13.3. The minimum absolute atomic E-state index is 0.155. The molecule has 0 saturated heterocycles. The van der Waals surface area contributed by atoms with Gasteiger partial charge < -0.3 is 5.32 Å². The third kappa shape index (κ3) is 4.46. The van der Waals surface area contributed by atoms with Crippen molar-refractivity contribution in [2.45, 2.75) is 73.3 Å². The fourth-order valence-electron chi connectivity index (χ4n) is 4.71. The number of hydrogen-bond donors (Lipinski definition) is 1. The van der Waals surface area contributed by atoms with Crippen LogP contribution in [0.4, 0.5) is 5.82 Å². The average molecular weight is 454 g/mol. The minimum Gasteiger partial charge on any atom is -0.310 e. The van der Waals surface area contributed by atoms with Crippen LogP contribution in [-0.2, 0) is 19.4 Å². The van der Waals surface area contributed by atoms with E-state index in [1.165, 1.54) is 6.33 Å². The lowest BCUT2D eigenvalue weighted by Gasteiger charge is -2.22. The number of amides is 1. The molecule has 1 N–H and O–H groups in total. The van der Waals surface area contributed by atoms with Crippen LogP contribution in [0.3, 0.4) is 0 Å². The van der Waals surface area contributed by atoms with E-state index < -0.39 is 15.8 Å². The van der Waals surface area contributed by atoms with Gasteiger partial charge in [0.1, 0.15) is 17.9 Å². The molecule has 168 valence electrons. The van der Waals surface area contributed by atoms with Crippen LogP contribution in [0.2, 0.25) is 0 Å². The van der Waals surface area contributed by atoms with Gasteiger partial charge in [-0.1, -0.05) is 12.1 Å². The fourth-order valence-corrected chi connectivity index (χ4v) is 6.64. The number of carbonyl (C=O) groups excluding carboxylic acids is 2. The molecule has 0 aliphatic heterocycles. The molecular weight excluding hydrogens is 426 g/mol. The second-order valence-corrected chi connectivity index (χ2v) is 11.5. The number of carbonyl (C=O) groups is 2. The Morgan fingerprint density at radius 3 is 2.56 bits per heavy atom. The largest absolute Gasteiger partial charge is 0.310 e. The molecule has 2 atom stereocenters. The Labute approximate surface area is 188 Å². The highest BCUT2D eigenvalue weighted by Gasteiger charge is 2.41. The summed E-state index contributed by atoms with van der Waals surface area (Å²) in [5.41, 5.74) is 1.67. The van der Waals surface area contributed by atoms with Gasteiger partial charge in [-0.05, 0) is 73.6 Å². The van der Waals surface area contributed by atoms with Gasteiger partial charge in [-0.15, -0.1) is 0 Å². The molecule has 3 fully saturated rings. The van der Waals surface area contributed by atoms with Crippen LogP contribution in [0.15, 0.2) is 41.7 Å². The lowest BCUT2D eigenvalue weighted by molar-refractivity contribution is -0.119. The lowest BCUT2D eigenvalue weighted by Crippen LogP contribution is -2.24. The van der Waals surface area contributed by atoms with Crippen molar-refractivity contribution in [2.75, 3.05) is 5.32 Å². The summed E-state index contributed by atoms with van der Waals surface area (Å²) in [5, 5.41) is 2.61. The Morgan fingerprint density at radius 1 is 1.12 bits per heavy atom. The number of benzene rings is 1. The molecule has 0 radical (unpaired) electrons. The Hall–Kier alpha value is -2.61. The van der Waals surface area contributed by atoms with Gasteiger partial charge in [-0.2, -0.15) is 0 Å². The molecule has 3 aliphatic rings. The quantitative estimate of drug-likeness (QED) is 0.652. The van der Waals surface area contributed by atoms with Crippen LogP contribution in [-0.4, -0.2) is 35.3 Å². The molecule has 1 heterocycles. The van der Waals surface area contributed by atoms with E-state index in [9.17, 15) is 18.0 Å². The summed E-state index contributed by atoms with van der Waals surface area (Å²) in [6, 6.07) is 7.08. The molecule has 3 aliphatic carbocycles. The first kappa shape index (κ1) is 21.2. The van der Waals surface area contributed by atoms with Gasteiger partial charge in [0.2, 0.25) is 5.91 Å². The standard InChI is InChI=1S/C24H27N3O4S/c28-18-5-1-15(11-18)12-21(24(29)27-23-9-10-25-14-26-23)17-4-8-22(20(13-17)16-2-3-16)32(30,31)19-6-7-19/h4,8-10,13-16,19,21H,1-3,5-7,11-12H2,(H,25,26,27,29)/t15-,21+/m0/s1. The molecule has 0 unspecified atom stereocenters. The summed E-state index contributed by atoms with van der Waals surface area (Å²) >= 11 is 0. The molecule has 7 nitrogen and oxygen atoms in total. The molecule has 0 spiro atoms. The number of aromatic nitrogens is 2. The molecular formula is C24H27N3O4S. The van der Waals surface area contributed by atoms with Crippen molar-refractivity contribution in [2.24, 2.45) is 5.92 Å². The first-order valence-corrected chi connectivity index (χ1v) is 12.9. The molecule has 0 bridgehead atoms. The van der Waals surface area contributed by atoms with E-state index >= 15 is 0 Å². The normalized spacial score (nSPS) is 22.0. The van der Waals surface area contributed by atoms with E-state index in [0.29, 0.717) is 30.0 Å². The predicted octanol–water partition coefficient (Wildman–Crippen LogP) is 3.77. The van der Waals surface area contributed by atoms with E-state index in [-0.39, 0.29) is 28.8 Å². The van der Waals surface area contributed by atoms with Crippen molar-refractivity contribution in [3.8, 4) is 0 Å². The molecule has 32 heavy (non-hydrogen) atoms. The smallest absolute Gasteiger partial charge is 0.233 e. The highest BCUT2D eigenvalue weighted by atomic mass is 32.2. The third-order valence-electron chi connectivity index (χ3n) is 6.79. The minimum atomic E-state index is -3.30. The summed E-state index contributed by atoms with van der Waals surface area (Å²) in [7, 11) is -3.30. The molecule has 1 aromatic heterocycles. The van der Waals surface area contributed by atoms with Crippen LogP contribution in [0, 0.1) is 5.92 Å². The molecule has 1 aromatic carbocycles. The van der Waals surface area contributed by atoms with E-state index in [1.807, 2.05) is 6.07 Å². The van der Waals surface area contributed by atoms with E-state index in [0.717, 1.165) is 43.2 Å².